The van der Waals surface area contributed by atoms with Crippen molar-refractivity contribution >= 4 is 13.8 Å². The quantitative estimate of drug-likeness (QED) is 0.0208. The first-order valence-electron chi connectivity index (χ1n) is 20.1. The molecule has 0 heterocycles. The van der Waals surface area contributed by atoms with E-state index in [-0.39, 0.29) is 25.8 Å². The molecule has 290 valence electrons. The molecule has 0 rings (SSSR count). The number of allylic oxidation sites excluding steroid dienone is 4. The fourth-order valence-corrected chi connectivity index (χ4v) is 6.07. The van der Waals surface area contributed by atoms with Crippen LogP contribution in [0, 0.1) is 0 Å². The Morgan fingerprint density at radius 2 is 1.12 bits per heavy atom. The normalized spacial score (nSPS) is 14.2. The van der Waals surface area contributed by atoms with Gasteiger partial charge in [-0.05, 0) is 44.9 Å². The number of hydrogen-bond acceptors (Lipinski definition) is 7. The highest BCUT2D eigenvalue weighted by atomic mass is 31.2. The third-order valence-electron chi connectivity index (χ3n) is 8.51. The third-order valence-corrected chi connectivity index (χ3v) is 9.47. The van der Waals surface area contributed by atoms with Crippen LogP contribution in [0.15, 0.2) is 24.3 Å². The van der Waals surface area contributed by atoms with Crippen LogP contribution in [0.25, 0.3) is 0 Å². The van der Waals surface area contributed by atoms with E-state index in [2.05, 4.69) is 38.2 Å². The van der Waals surface area contributed by atoms with E-state index in [0.717, 1.165) is 44.9 Å². The van der Waals surface area contributed by atoms with E-state index >= 15 is 0 Å². The van der Waals surface area contributed by atoms with Crippen LogP contribution in [0.3, 0.4) is 0 Å². The average molecular weight is 716 g/mol. The first kappa shape index (κ1) is 48.0. The molecule has 2 unspecified atom stereocenters. The van der Waals surface area contributed by atoms with Gasteiger partial charge in [0.1, 0.15) is 19.3 Å². The number of quaternary nitrogens is 1. The van der Waals surface area contributed by atoms with Crippen LogP contribution >= 0.6 is 7.82 Å². The van der Waals surface area contributed by atoms with Crippen molar-refractivity contribution in [3.8, 4) is 0 Å². The summed E-state index contributed by atoms with van der Waals surface area (Å²) in [4.78, 5) is 24.9. The number of unbranched alkanes of at least 4 members (excludes halogenated alkanes) is 19. The Labute approximate surface area is 303 Å². The summed E-state index contributed by atoms with van der Waals surface area (Å²) in [5.41, 5.74) is 0. The molecular weight excluding hydrogens is 637 g/mol. The van der Waals surface area contributed by atoms with E-state index in [4.69, 9.17) is 18.5 Å². The molecular formula is C40H78NO7P. The zero-order chi connectivity index (χ0) is 36.3. The van der Waals surface area contributed by atoms with Crippen molar-refractivity contribution in [2.24, 2.45) is 0 Å². The van der Waals surface area contributed by atoms with Crippen LogP contribution in [0.4, 0.5) is 0 Å². The predicted molar refractivity (Wildman–Crippen MR) is 204 cm³/mol. The zero-order valence-corrected chi connectivity index (χ0v) is 33.5. The number of rotatable bonds is 37. The molecule has 0 saturated carbocycles. The Morgan fingerprint density at radius 1 is 0.633 bits per heavy atom. The summed E-state index contributed by atoms with van der Waals surface area (Å²) < 4.78 is 34.4. The molecule has 0 spiro atoms. The summed E-state index contributed by atoms with van der Waals surface area (Å²) in [5, 5.41) is 0. The minimum atomic E-state index is -4.51. The molecule has 0 aliphatic carbocycles. The largest absolute Gasteiger partial charge is 0.756 e. The van der Waals surface area contributed by atoms with Crippen LogP contribution in [-0.4, -0.2) is 70.7 Å². The molecule has 0 aliphatic rings. The van der Waals surface area contributed by atoms with Gasteiger partial charge in [-0.1, -0.05) is 141 Å². The average Bonchev–Trinajstić information content (AvgIpc) is 3.04. The minimum Gasteiger partial charge on any atom is -0.756 e. The summed E-state index contributed by atoms with van der Waals surface area (Å²) in [6.45, 7) is 5.37. The monoisotopic (exact) mass is 716 g/mol. The number of carbonyl (C=O) groups excluding carboxylic acids is 1. The van der Waals surface area contributed by atoms with Gasteiger partial charge in [0.2, 0.25) is 0 Å². The topological polar surface area (TPSA) is 94.1 Å². The summed E-state index contributed by atoms with van der Waals surface area (Å²) in [7, 11) is 1.35. The van der Waals surface area contributed by atoms with E-state index in [0.29, 0.717) is 24.1 Å². The Bertz CT molecular complexity index is 843. The summed E-state index contributed by atoms with van der Waals surface area (Å²) in [6, 6.07) is 0. The number of ether oxygens (including phenoxy) is 2. The van der Waals surface area contributed by atoms with Crippen LogP contribution in [0.5, 0.6) is 0 Å². The van der Waals surface area contributed by atoms with E-state index in [1.807, 2.05) is 21.1 Å². The first-order valence-corrected chi connectivity index (χ1v) is 21.5. The van der Waals surface area contributed by atoms with Gasteiger partial charge in [-0.25, -0.2) is 0 Å². The molecule has 0 aromatic carbocycles. The molecule has 2 atom stereocenters. The number of phosphoric acid groups is 1. The maximum Gasteiger partial charge on any atom is 0.306 e. The fourth-order valence-electron chi connectivity index (χ4n) is 5.34. The van der Waals surface area contributed by atoms with Crippen LogP contribution < -0.4 is 4.89 Å². The highest BCUT2D eigenvalue weighted by molar-refractivity contribution is 7.45. The Balaban J connectivity index is 4.25. The Kier molecular flexibility index (Phi) is 33.4. The van der Waals surface area contributed by atoms with Gasteiger partial charge >= 0.3 is 5.97 Å². The van der Waals surface area contributed by atoms with Crippen molar-refractivity contribution < 1.29 is 37.3 Å². The van der Waals surface area contributed by atoms with Gasteiger partial charge in [0.25, 0.3) is 7.82 Å². The second kappa shape index (κ2) is 34.1. The van der Waals surface area contributed by atoms with Crippen molar-refractivity contribution in [3.05, 3.63) is 24.3 Å². The maximum atomic E-state index is 12.6. The SMILES string of the molecule is CCCCC/C=C\C/C=C\CCCCCCCCCC(=O)OC(COCCCCCCCCCCCC)COP(=O)([O-])OCC[N+](C)(C)C. The molecule has 0 fully saturated rings. The number of nitrogens with zero attached hydrogens (tertiary/aromatic N) is 1. The lowest BCUT2D eigenvalue weighted by Crippen LogP contribution is -2.37. The highest BCUT2D eigenvalue weighted by Gasteiger charge is 2.20. The van der Waals surface area contributed by atoms with Crippen molar-refractivity contribution in [3.63, 3.8) is 0 Å². The predicted octanol–water partition coefficient (Wildman–Crippen LogP) is 10.6. The summed E-state index contributed by atoms with van der Waals surface area (Å²) in [5.74, 6) is -0.342. The lowest BCUT2D eigenvalue weighted by Gasteiger charge is -2.28. The molecule has 0 N–H and O–H groups in total. The number of likely N-dealkylation sites (N-methyl/N-ethyl adjacent to an activating group) is 1. The molecule has 0 aliphatic heterocycles. The van der Waals surface area contributed by atoms with Crippen molar-refractivity contribution in [1.29, 1.82) is 0 Å². The van der Waals surface area contributed by atoms with Gasteiger partial charge in [0.05, 0.1) is 34.4 Å². The third kappa shape index (κ3) is 38.1. The second-order valence-corrected chi connectivity index (χ2v) is 16.1. The minimum absolute atomic E-state index is 0.0259. The fraction of sp³-hybridized carbons (Fsp3) is 0.875. The molecule has 9 heteroatoms. The molecule has 8 nitrogen and oxygen atoms in total. The Morgan fingerprint density at radius 3 is 1.69 bits per heavy atom. The number of phosphoric ester groups is 1. The molecule has 0 aromatic rings. The summed E-state index contributed by atoms with van der Waals surface area (Å²) in [6.07, 6.45) is 36.1. The second-order valence-electron chi connectivity index (χ2n) is 14.6. The van der Waals surface area contributed by atoms with E-state index in [1.165, 1.54) is 103 Å². The van der Waals surface area contributed by atoms with Gasteiger partial charge in [-0.15, -0.1) is 0 Å². The van der Waals surface area contributed by atoms with Crippen molar-refractivity contribution in [2.45, 2.75) is 174 Å². The Hall–Kier alpha value is -1.02. The highest BCUT2D eigenvalue weighted by Crippen LogP contribution is 2.38. The number of esters is 1. The smallest absolute Gasteiger partial charge is 0.306 e. The molecule has 0 saturated heterocycles. The van der Waals surface area contributed by atoms with Gasteiger partial charge in [-0.3, -0.25) is 9.36 Å². The van der Waals surface area contributed by atoms with Crippen LogP contribution in [0.1, 0.15) is 168 Å². The standard InChI is InChI=1S/C40H78NO7P/c1-6-8-10-12-14-16-18-19-20-21-22-23-24-25-27-29-31-33-40(42)48-39(38-47-49(43,44)46-36-34-41(3,4)5)37-45-35-32-30-28-26-17-15-13-11-9-7-2/h14,16,19-20,39H,6-13,15,17-18,21-38H2,1-5H3/b16-14-,20-19-. The zero-order valence-electron chi connectivity index (χ0n) is 32.6. The lowest BCUT2D eigenvalue weighted by molar-refractivity contribution is -0.870. The molecule has 0 amide bonds. The van der Waals surface area contributed by atoms with Crippen molar-refractivity contribution in [2.75, 3.05) is 54.1 Å². The first-order chi connectivity index (χ1) is 23.6. The van der Waals surface area contributed by atoms with Crippen LogP contribution in [0.2, 0.25) is 0 Å². The molecule has 0 bridgehead atoms. The van der Waals surface area contributed by atoms with Crippen molar-refractivity contribution in [1.82, 2.24) is 0 Å². The van der Waals surface area contributed by atoms with E-state index < -0.39 is 13.9 Å². The van der Waals surface area contributed by atoms with E-state index in [9.17, 15) is 14.3 Å². The lowest BCUT2D eigenvalue weighted by atomic mass is 10.1. The number of carbonyl (C=O) groups is 1. The van der Waals surface area contributed by atoms with Crippen LogP contribution in [-0.2, 0) is 27.9 Å². The van der Waals surface area contributed by atoms with Gasteiger partial charge in [0, 0.05) is 13.0 Å². The van der Waals surface area contributed by atoms with Gasteiger partial charge < -0.3 is 27.9 Å². The maximum absolute atomic E-state index is 12.6. The molecule has 0 radical (unpaired) electrons. The van der Waals surface area contributed by atoms with Gasteiger partial charge in [-0.2, -0.15) is 0 Å². The molecule has 49 heavy (non-hydrogen) atoms. The molecule has 0 aromatic heterocycles. The van der Waals surface area contributed by atoms with E-state index in [1.54, 1.807) is 0 Å². The van der Waals surface area contributed by atoms with Gasteiger partial charge in [0.15, 0.2) is 0 Å². The number of hydrogen-bond donors (Lipinski definition) is 0. The summed E-state index contributed by atoms with van der Waals surface area (Å²) >= 11 is 0.